The molecule has 2 nitrogen and oxygen atoms in total. The number of aryl methyl sites for hydroxylation is 4. The van der Waals surface area contributed by atoms with Crippen molar-refractivity contribution in [3.63, 3.8) is 0 Å². The van der Waals surface area contributed by atoms with Crippen LogP contribution in [0.3, 0.4) is 0 Å². The number of fused-ring (bicyclic) bond motifs is 1. The van der Waals surface area contributed by atoms with Crippen LogP contribution in [0.15, 0.2) is 12.1 Å². The lowest BCUT2D eigenvalue weighted by atomic mass is 10.00. The maximum atomic E-state index is 3.57. The van der Waals surface area contributed by atoms with Crippen LogP contribution in [0.1, 0.15) is 49.6 Å². The Hall–Kier alpha value is -1.28. The van der Waals surface area contributed by atoms with E-state index in [1.165, 1.54) is 39.7 Å². The molecule has 0 aliphatic carbocycles. The van der Waals surface area contributed by atoms with E-state index in [-0.39, 0.29) is 5.54 Å². The van der Waals surface area contributed by atoms with Crippen molar-refractivity contribution < 1.29 is 0 Å². The van der Waals surface area contributed by atoms with Crippen molar-refractivity contribution in [3.05, 3.63) is 34.5 Å². The van der Waals surface area contributed by atoms with Crippen LogP contribution in [0, 0.1) is 20.8 Å². The molecule has 20 heavy (non-hydrogen) atoms. The topological polar surface area (TPSA) is 27.8 Å². The van der Waals surface area contributed by atoms with E-state index >= 15 is 0 Å². The lowest BCUT2D eigenvalue weighted by Crippen LogP contribution is -2.36. The van der Waals surface area contributed by atoms with Gasteiger partial charge in [-0.1, -0.05) is 12.1 Å². The Morgan fingerprint density at radius 1 is 1.05 bits per heavy atom. The highest BCUT2D eigenvalue weighted by Gasteiger charge is 2.13. The summed E-state index contributed by atoms with van der Waals surface area (Å²) < 4.78 is 0. The predicted octanol–water partition coefficient (Wildman–Crippen LogP) is 4.41. The van der Waals surface area contributed by atoms with Crippen molar-refractivity contribution in [2.75, 3.05) is 6.54 Å². The van der Waals surface area contributed by atoms with Gasteiger partial charge in [-0.3, -0.25) is 0 Å². The average molecular weight is 272 g/mol. The Bertz CT molecular complexity index is 600. The standard InChI is InChI=1S/C18H28N2/c1-12-9-10-13(2)17-16(12)15(14(3)20-17)8-7-11-19-18(4,5)6/h9-10,19-20H,7-8,11H2,1-6H3. The van der Waals surface area contributed by atoms with Crippen LogP contribution in [0.2, 0.25) is 0 Å². The zero-order valence-corrected chi connectivity index (χ0v) is 13.8. The zero-order valence-electron chi connectivity index (χ0n) is 13.8. The Labute approximate surface area is 123 Å². The fourth-order valence-electron chi connectivity index (χ4n) is 2.85. The summed E-state index contributed by atoms with van der Waals surface area (Å²) in [6.07, 6.45) is 2.32. The number of aromatic nitrogens is 1. The lowest BCUT2D eigenvalue weighted by molar-refractivity contribution is 0.422. The van der Waals surface area contributed by atoms with E-state index in [0.29, 0.717) is 0 Å². The normalized spacial score (nSPS) is 12.3. The van der Waals surface area contributed by atoms with Crippen LogP contribution in [-0.2, 0) is 6.42 Å². The molecule has 0 bridgehead atoms. The quantitative estimate of drug-likeness (QED) is 0.793. The predicted molar refractivity (Wildman–Crippen MR) is 88.6 cm³/mol. The average Bonchev–Trinajstić information content (AvgIpc) is 2.67. The van der Waals surface area contributed by atoms with Crippen molar-refractivity contribution in [1.82, 2.24) is 10.3 Å². The minimum absolute atomic E-state index is 0.210. The van der Waals surface area contributed by atoms with Crippen molar-refractivity contribution in [2.24, 2.45) is 0 Å². The SMILES string of the molecule is Cc1[nH]c2c(C)ccc(C)c2c1CCCNC(C)(C)C. The molecule has 0 fully saturated rings. The number of benzene rings is 1. The van der Waals surface area contributed by atoms with E-state index in [9.17, 15) is 0 Å². The highest BCUT2D eigenvalue weighted by atomic mass is 14.9. The van der Waals surface area contributed by atoms with Crippen LogP contribution >= 0.6 is 0 Å². The fourth-order valence-corrected chi connectivity index (χ4v) is 2.85. The summed E-state index contributed by atoms with van der Waals surface area (Å²) in [6, 6.07) is 4.44. The lowest BCUT2D eigenvalue weighted by Gasteiger charge is -2.20. The second kappa shape index (κ2) is 5.61. The molecule has 1 aromatic carbocycles. The molecule has 2 heteroatoms. The van der Waals surface area contributed by atoms with E-state index in [2.05, 4.69) is 64.0 Å². The summed E-state index contributed by atoms with van der Waals surface area (Å²) in [4.78, 5) is 3.57. The molecule has 0 radical (unpaired) electrons. The highest BCUT2D eigenvalue weighted by Crippen LogP contribution is 2.28. The third-order valence-electron chi connectivity index (χ3n) is 3.95. The minimum Gasteiger partial charge on any atom is -0.358 e. The van der Waals surface area contributed by atoms with Gasteiger partial charge in [-0.25, -0.2) is 0 Å². The van der Waals surface area contributed by atoms with Gasteiger partial charge in [-0.05, 0) is 77.6 Å². The maximum Gasteiger partial charge on any atom is 0.0491 e. The molecule has 0 aliphatic rings. The molecular formula is C18H28N2. The summed E-state index contributed by atoms with van der Waals surface area (Å²) in [7, 11) is 0. The number of rotatable bonds is 4. The summed E-state index contributed by atoms with van der Waals surface area (Å²) in [5.41, 5.74) is 7.08. The Kier molecular flexibility index (Phi) is 4.24. The van der Waals surface area contributed by atoms with E-state index < -0.39 is 0 Å². The van der Waals surface area contributed by atoms with Gasteiger partial charge in [0.1, 0.15) is 0 Å². The first-order valence-electron chi connectivity index (χ1n) is 7.62. The molecule has 2 N–H and O–H groups in total. The summed E-state index contributed by atoms with van der Waals surface area (Å²) in [5, 5.41) is 5.01. The Morgan fingerprint density at radius 3 is 2.35 bits per heavy atom. The molecule has 2 aromatic rings. The van der Waals surface area contributed by atoms with Gasteiger partial charge < -0.3 is 10.3 Å². The maximum absolute atomic E-state index is 3.57. The highest BCUT2D eigenvalue weighted by molar-refractivity contribution is 5.90. The van der Waals surface area contributed by atoms with Crippen molar-refractivity contribution in [3.8, 4) is 0 Å². The molecule has 1 heterocycles. The fraction of sp³-hybridized carbons (Fsp3) is 0.556. The third-order valence-corrected chi connectivity index (χ3v) is 3.95. The minimum atomic E-state index is 0.210. The summed E-state index contributed by atoms with van der Waals surface area (Å²) >= 11 is 0. The molecule has 0 unspecified atom stereocenters. The van der Waals surface area contributed by atoms with Crippen LogP contribution in [0.25, 0.3) is 10.9 Å². The van der Waals surface area contributed by atoms with Gasteiger partial charge in [0, 0.05) is 22.1 Å². The third kappa shape index (κ3) is 3.24. The van der Waals surface area contributed by atoms with E-state index in [4.69, 9.17) is 0 Å². The molecule has 1 aromatic heterocycles. The van der Waals surface area contributed by atoms with Crippen molar-refractivity contribution in [1.29, 1.82) is 0 Å². The van der Waals surface area contributed by atoms with E-state index in [0.717, 1.165) is 13.0 Å². The molecule has 0 saturated heterocycles. The number of hydrogen-bond donors (Lipinski definition) is 2. The van der Waals surface area contributed by atoms with E-state index in [1.807, 2.05) is 0 Å². The molecule has 110 valence electrons. The summed E-state index contributed by atoms with van der Waals surface area (Å²) in [6.45, 7) is 14.3. The van der Waals surface area contributed by atoms with Gasteiger partial charge in [0.05, 0.1) is 0 Å². The Balaban J connectivity index is 2.18. The second-order valence-corrected chi connectivity index (χ2v) is 6.96. The van der Waals surface area contributed by atoms with Crippen LogP contribution in [-0.4, -0.2) is 17.1 Å². The first-order valence-corrected chi connectivity index (χ1v) is 7.62. The zero-order chi connectivity index (χ0) is 14.9. The molecule has 0 atom stereocenters. The number of nitrogens with one attached hydrogen (secondary N) is 2. The second-order valence-electron chi connectivity index (χ2n) is 6.96. The smallest absolute Gasteiger partial charge is 0.0491 e. The van der Waals surface area contributed by atoms with Gasteiger partial charge in [-0.2, -0.15) is 0 Å². The molecular weight excluding hydrogens is 244 g/mol. The van der Waals surface area contributed by atoms with Crippen molar-refractivity contribution >= 4 is 10.9 Å². The molecule has 2 rings (SSSR count). The van der Waals surface area contributed by atoms with Crippen LogP contribution < -0.4 is 5.32 Å². The van der Waals surface area contributed by atoms with E-state index in [1.54, 1.807) is 0 Å². The van der Waals surface area contributed by atoms with Gasteiger partial charge in [0.15, 0.2) is 0 Å². The summed E-state index contributed by atoms with van der Waals surface area (Å²) in [5.74, 6) is 0. The molecule has 0 spiro atoms. The van der Waals surface area contributed by atoms with Gasteiger partial charge in [-0.15, -0.1) is 0 Å². The first-order chi connectivity index (χ1) is 9.29. The molecule has 0 amide bonds. The number of aromatic amines is 1. The van der Waals surface area contributed by atoms with Gasteiger partial charge >= 0.3 is 0 Å². The van der Waals surface area contributed by atoms with Crippen LogP contribution in [0.4, 0.5) is 0 Å². The largest absolute Gasteiger partial charge is 0.358 e. The molecule has 0 aliphatic heterocycles. The van der Waals surface area contributed by atoms with Gasteiger partial charge in [0.25, 0.3) is 0 Å². The Morgan fingerprint density at radius 2 is 1.70 bits per heavy atom. The van der Waals surface area contributed by atoms with Gasteiger partial charge in [0.2, 0.25) is 0 Å². The van der Waals surface area contributed by atoms with Crippen molar-refractivity contribution in [2.45, 2.75) is 59.9 Å². The first kappa shape index (κ1) is 15.1. The van der Waals surface area contributed by atoms with Crippen LogP contribution in [0.5, 0.6) is 0 Å². The number of hydrogen-bond acceptors (Lipinski definition) is 1. The number of H-pyrrole nitrogens is 1. The monoisotopic (exact) mass is 272 g/mol. The molecule has 0 saturated carbocycles.